The molecular weight excluding hydrogens is 404 g/mol. The zero-order valence-corrected chi connectivity index (χ0v) is 8.76. The van der Waals surface area contributed by atoms with Crippen LogP contribution in [0.15, 0.2) is 0 Å². The van der Waals surface area contributed by atoms with Gasteiger partial charge in [-0.1, -0.05) is 0 Å². The van der Waals surface area contributed by atoms with Gasteiger partial charge in [0.1, 0.15) is 0 Å². The molecule has 0 aliphatic rings. The van der Waals surface area contributed by atoms with Crippen molar-refractivity contribution in [1.29, 1.82) is 0 Å². The van der Waals surface area contributed by atoms with E-state index >= 15 is 0 Å². The van der Waals surface area contributed by atoms with Gasteiger partial charge in [-0.2, -0.15) is 0 Å². The van der Waals surface area contributed by atoms with E-state index < -0.39 is 0 Å². The molecule has 0 unspecified atom stereocenters. The molecule has 0 saturated carbocycles. The van der Waals surface area contributed by atoms with Gasteiger partial charge in [-0.15, -0.1) is 0 Å². The Balaban J connectivity index is 2.54. The van der Waals surface area contributed by atoms with Gasteiger partial charge in [0.15, 0.2) is 0 Å². The fourth-order valence-electron chi connectivity index (χ4n) is 0. The molecule has 0 nitrogen and oxygen atoms in total. The number of hydrogen-bond donors (Lipinski definition) is 0. The monoisotopic (exact) mass is 405 g/mol. The Morgan fingerprint density at radius 1 is 1.60 bits per heavy atom. The van der Waals surface area contributed by atoms with E-state index in [4.69, 9.17) is 5.70 Å². The summed E-state index contributed by atoms with van der Waals surface area (Å²) in [5.41, 5.74) is 5.27. The Bertz CT molecular complexity index is 20.9. The first-order chi connectivity index (χ1) is 2.27. The molecule has 0 aromatic heterocycles. The van der Waals surface area contributed by atoms with E-state index in [1.165, 1.54) is 0 Å². The van der Waals surface area contributed by atoms with Crippen molar-refractivity contribution in [3.63, 3.8) is 0 Å². The Morgan fingerprint density at radius 3 is 1.80 bits per heavy atom. The summed E-state index contributed by atoms with van der Waals surface area (Å²) in [6.07, 6.45) is 0. The molecule has 0 N–H and O–H groups in total. The van der Waals surface area contributed by atoms with E-state index in [0.717, 1.165) is 0 Å². The third-order valence-electron chi connectivity index (χ3n) is 0.0952. The molecule has 0 rings (SSSR count). The molecular formula is CHBI3-. The van der Waals surface area contributed by atoms with E-state index in [9.17, 15) is 0 Å². The number of hydrogen-bond acceptors (Lipinski definition) is 0. The molecule has 0 aromatic rings. The van der Waals surface area contributed by atoms with Crippen molar-refractivity contribution in [3.05, 3.63) is 0 Å². The zero-order valence-electron chi connectivity index (χ0n) is 2.29. The second-order valence-corrected chi connectivity index (χ2v) is 12.0. The summed E-state index contributed by atoms with van der Waals surface area (Å²) >= 11 is 4.66. The van der Waals surface area contributed by atoms with Gasteiger partial charge >= 0.3 is 71.8 Å². The molecule has 0 saturated heterocycles. The minimum atomic E-state index is 0.0211. The zero-order chi connectivity index (χ0) is 4.28. The normalized spacial score (nSPS) is 10.2. The van der Waals surface area contributed by atoms with Crippen molar-refractivity contribution in [2.45, 2.75) is -0.0619 Å². The Kier molecular flexibility index (Phi) is 6.41. The molecule has 0 aliphatic carbocycles. The van der Waals surface area contributed by atoms with Gasteiger partial charge in [0.05, 0.1) is 0 Å². The number of rotatable bonds is 1. The third kappa shape index (κ3) is 6.25. The van der Waals surface area contributed by atoms with E-state index in [2.05, 4.69) is 45.2 Å². The molecule has 0 fully saturated rings. The standard InChI is InChI=1S/CHBI3/c2-5-1(3)4/h1H/q-1. The fourth-order valence-corrected chi connectivity index (χ4v) is 0. The molecule has 0 aromatic carbocycles. The van der Waals surface area contributed by atoms with Crippen LogP contribution in [0.4, 0.5) is 0 Å². The van der Waals surface area contributed by atoms with Crippen LogP contribution < -0.4 is 21.0 Å². The van der Waals surface area contributed by atoms with Gasteiger partial charge in [-0.05, 0) is 0 Å². The van der Waals surface area contributed by atoms with E-state index in [0.29, 0.717) is -0.0619 Å². The van der Waals surface area contributed by atoms with Crippen molar-refractivity contribution in [2.75, 3.05) is 0 Å². The molecule has 30 valence electrons. The molecule has 0 atom stereocenters. The summed E-state index contributed by atoms with van der Waals surface area (Å²) in [4.78, 5) is 0. The molecule has 0 spiro atoms. The van der Waals surface area contributed by atoms with E-state index in [1.54, 1.807) is 0 Å². The van der Waals surface area contributed by atoms with Gasteiger partial charge in [0.25, 0.3) is 0 Å². The van der Waals surface area contributed by atoms with Crippen LogP contribution >= 0.6 is 45.2 Å². The number of alkyl halides is 3. The predicted molar refractivity (Wildman–Crippen MR) is 37.6 cm³/mol. The quantitative estimate of drug-likeness (QED) is 0.278. The van der Waals surface area contributed by atoms with Gasteiger partial charge < -0.3 is 0 Å². The summed E-state index contributed by atoms with van der Waals surface area (Å²) in [6.45, 7) is 0. The van der Waals surface area contributed by atoms with Crippen LogP contribution in [-0.4, -0.2) is 5.64 Å². The molecule has 0 aliphatic heterocycles. The SMILES string of the molecule is [B][I-]C(I)I. The maximum absolute atomic E-state index is 5.27. The van der Waals surface area contributed by atoms with Gasteiger partial charge in [-0.25, -0.2) is 0 Å². The van der Waals surface area contributed by atoms with Crippen LogP contribution in [0, 0.1) is 0 Å². The second-order valence-electron chi connectivity index (χ2n) is 0.373. The predicted octanol–water partition coefficient (Wildman–Crippen LogP) is -1.69. The fraction of sp³-hybridized carbons (Fsp3) is 1.00. The number of halogens is 3. The van der Waals surface area contributed by atoms with Crippen LogP contribution in [0.2, 0.25) is 0 Å². The Labute approximate surface area is 70.5 Å². The van der Waals surface area contributed by atoms with Crippen LogP contribution in [0.1, 0.15) is 0 Å². The van der Waals surface area contributed by atoms with Crippen molar-refractivity contribution < 1.29 is 21.0 Å². The average Bonchev–Trinajstić information content (AvgIpc) is 1.38. The van der Waals surface area contributed by atoms with E-state index in [-0.39, 0.29) is 21.0 Å². The van der Waals surface area contributed by atoms with Gasteiger partial charge in [0, 0.05) is 0 Å². The maximum atomic E-state index is 5.27. The molecule has 0 heterocycles. The molecule has 5 heavy (non-hydrogen) atoms. The molecule has 2 radical (unpaired) electrons. The van der Waals surface area contributed by atoms with Crippen molar-refractivity contribution in [3.8, 4) is 0 Å². The Morgan fingerprint density at radius 2 is 1.80 bits per heavy atom. The summed E-state index contributed by atoms with van der Waals surface area (Å²) in [7, 11) is 0. The summed E-state index contributed by atoms with van der Waals surface area (Å²) < 4.78 is 0.712. The van der Waals surface area contributed by atoms with Crippen molar-refractivity contribution >= 4 is 50.9 Å². The molecule has 0 amide bonds. The Hall–Kier alpha value is 2.25. The van der Waals surface area contributed by atoms with Crippen LogP contribution in [-0.2, 0) is 0 Å². The topological polar surface area (TPSA) is 0 Å². The van der Waals surface area contributed by atoms with Crippen molar-refractivity contribution in [2.24, 2.45) is 0 Å². The van der Waals surface area contributed by atoms with Crippen molar-refractivity contribution in [1.82, 2.24) is 0 Å². The van der Waals surface area contributed by atoms with Gasteiger partial charge in [0.2, 0.25) is 0 Å². The first-order valence-corrected chi connectivity index (χ1v) is 5.86. The summed E-state index contributed by atoms with van der Waals surface area (Å²) in [6, 6.07) is 0. The summed E-state index contributed by atoms with van der Waals surface area (Å²) in [5, 5.41) is 0. The first kappa shape index (κ1) is 7.25. The molecule has 0 bridgehead atoms. The summed E-state index contributed by atoms with van der Waals surface area (Å²) in [5.74, 6) is 0. The van der Waals surface area contributed by atoms with Crippen LogP contribution in [0.25, 0.3) is 0 Å². The average molecular weight is 405 g/mol. The first-order valence-electron chi connectivity index (χ1n) is 0.873. The van der Waals surface area contributed by atoms with Crippen LogP contribution in [0.5, 0.6) is 0 Å². The van der Waals surface area contributed by atoms with E-state index in [1.807, 2.05) is 0 Å². The van der Waals surface area contributed by atoms with Gasteiger partial charge in [-0.3, -0.25) is 0 Å². The molecule has 4 heteroatoms. The third-order valence-corrected chi connectivity index (χ3v) is 4.29. The van der Waals surface area contributed by atoms with Crippen LogP contribution in [0.3, 0.4) is 0 Å². The second kappa shape index (κ2) is 4.41. The minimum absolute atomic E-state index is 0.0211.